The van der Waals surface area contributed by atoms with Gasteiger partial charge >= 0.3 is 0 Å². The molecule has 1 aliphatic heterocycles. The molecule has 2 aromatic carbocycles. The highest BCUT2D eigenvalue weighted by atomic mass is 35.5. The number of amides is 1. The first kappa shape index (κ1) is 23.2. The van der Waals surface area contributed by atoms with Gasteiger partial charge in [0.15, 0.2) is 5.75 Å². The average molecular weight is 471 g/mol. The van der Waals surface area contributed by atoms with E-state index < -0.39 is 0 Å². The van der Waals surface area contributed by atoms with Crippen LogP contribution in [0, 0.1) is 0 Å². The van der Waals surface area contributed by atoms with Gasteiger partial charge in [0.2, 0.25) is 0 Å². The first-order valence-electron chi connectivity index (χ1n) is 10.2. The third kappa shape index (κ3) is 6.27. The van der Waals surface area contributed by atoms with Crippen molar-refractivity contribution in [1.29, 1.82) is 0 Å². The summed E-state index contributed by atoms with van der Waals surface area (Å²) in [7, 11) is 0. The van der Waals surface area contributed by atoms with Gasteiger partial charge in [-0.2, -0.15) is 0 Å². The third-order valence-electron chi connectivity index (χ3n) is 5.01. The summed E-state index contributed by atoms with van der Waals surface area (Å²) in [4.78, 5) is 15.1. The number of halogens is 3. The minimum atomic E-state index is -0.149. The molecule has 1 saturated heterocycles. The summed E-state index contributed by atoms with van der Waals surface area (Å²) in [6.07, 6.45) is 3.90. The molecule has 1 amide bonds. The SMILES string of the molecule is CCCCOc1c(Cl)cc(C(=O)N(Cc2ccc(Cl)cc2)CC2CCCO2)cc1Cl. The standard InChI is InChI=1S/C23H26Cl3NO3/c1-2-3-10-30-22-20(25)12-17(13-21(22)26)23(28)27(15-19-5-4-11-29-19)14-16-6-8-18(24)9-7-16/h6-9,12-13,19H,2-5,10-11,14-15H2,1H3. The van der Waals surface area contributed by atoms with Crippen molar-refractivity contribution >= 4 is 40.7 Å². The van der Waals surface area contributed by atoms with Gasteiger partial charge in [-0.15, -0.1) is 0 Å². The van der Waals surface area contributed by atoms with Crippen LogP contribution in [0.4, 0.5) is 0 Å². The second-order valence-electron chi connectivity index (χ2n) is 7.42. The number of hydrogen-bond acceptors (Lipinski definition) is 3. The van der Waals surface area contributed by atoms with E-state index in [1.54, 1.807) is 17.0 Å². The zero-order valence-corrected chi connectivity index (χ0v) is 19.3. The quantitative estimate of drug-likeness (QED) is 0.385. The highest BCUT2D eigenvalue weighted by molar-refractivity contribution is 6.37. The summed E-state index contributed by atoms with van der Waals surface area (Å²) in [6.45, 7) is 4.29. The van der Waals surface area contributed by atoms with Crippen LogP contribution in [0.25, 0.3) is 0 Å². The first-order valence-corrected chi connectivity index (χ1v) is 11.4. The van der Waals surface area contributed by atoms with E-state index in [0.717, 1.165) is 37.9 Å². The molecule has 1 aliphatic rings. The molecule has 30 heavy (non-hydrogen) atoms. The van der Waals surface area contributed by atoms with Crippen molar-refractivity contribution in [2.75, 3.05) is 19.8 Å². The van der Waals surface area contributed by atoms with Crippen LogP contribution in [0.1, 0.15) is 48.5 Å². The van der Waals surface area contributed by atoms with E-state index in [2.05, 4.69) is 6.92 Å². The number of ether oxygens (including phenoxy) is 2. The smallest absolute Gasteiger partial charge is 0.254 e. The Balaban J connectivity index is 1.81. The van der Waals surface area contributed by atoms with Crippen LogP contribution < -0.4 is 4.74 Å². The highest BCUT2D eigenvalue weighted by Gasteiger charge is 2.25. The molecule has 3 rings (SSSR count). The second kappa shape index (κ2) is 11.2. The van der Waals surface area contributed by atoms with Gasteiger partial charge < -0.3 is 14.4 Å². The molecule has 162 valence electrons. The van der Waals surface area contributed by atoms with Crippen LogP contribution in [0.15, 0.2) is 36.4 Å². The number of carbonyl (C=O) groups excluding carboxylic acids is 1. The Morgan fingerprint density at radius 1 is 1.17 bits per heavy atom. The predicted molar refractivity (Wildman–Crippen MR) is 122 cm³/mol. The molecule has 1 atom stereocenters. The molecule has 0 N–H and O–H groups in total. The van der Waals surface area contributed by atoms with Crippen molar-refractivity contribution in [3.63, 3.8) is 0 Å². The number of benzene rings is 2. The van der Waals surface area contributed by atoms with Crippen molar-refractivity contribution < 1.29 is 14.3 Å². The van der Waals surface area contributed by atoms with Crippen LogP contribution in [-0.2, 0) is 11.3 Å². The first-order chi connectivity index (χ1) is 14.5. The Morgan fingerprint density at radius 3 is 2.47 bits per heavy atom. The van der Waals surface area contributed by atoms with Crippen LogP contribution >= 0.6 is 34.8 Å². The molecule has 4 nitrogen and oxygen atoms in total. The van der Waals surface area contributed by atoms with E-state index in [4.69, 9.17) is 44.3 Å². The van der Waals surface area contributed by atoms with E-state index in [9.17, 15) is 4.79 Å². The molecule has 1 unspecified atom stereocenters. The fourth-order valence-electron chi connectivity index (χ4n) is 3.39. The number of unbranched alkanes of at least 4 members (excludes halogenated alkanes) is 1. The third-order valence-corrected chi connectivity index (χ3v) is 5.82. The van der Waals surface area contributed by atoms with Crippen LogP contribution in [-0.4, -0.2) is 36.7 Å². The summed E-state index contributed by atoms with van der Waals surface area (Å²) in [5.41, 5.74) is 1.42. The number of hydrogen-bond donors (Lipinski definition) is 0. The molecule has 0 aromatic heterocycles. The van der Waals surface area contributed by atoms with E-state index in [1.165, 1.54) is 0 Å². The lowest BCUT2D eigenvalue weighted by atomic mass is 10.1. The van der Waals surface area contributed by atoms with E-state index in [-0.39, 0.29) is 12.0 Å². The van der Waals surface area contributed by atoms with Crippen molar-refractivity contribution in [1.82, 2.24) is 4.90 Å². The average Bonchev–Trinajstić information content (AvgIpc) is 3.23. The fraction of sp³-hybridized carbons (Fsp3) is 0.435. The van der Waals surface area contributed by atoms with Crippen LogP contribution in [0.2, 0.25) is 15.1 Å². The minimum Gasteiger partial charge on any atom is -0.490 e. The highest BCUT2D eigenvalue weighted by Crippen LogP contribution is 2.35. The maximum Gasteiger partial charge on any atom is 0.254 e. The molecular formula is C23H26Cl3NO3. The Kier molecular flexibility index (Phi) is 8.70. The summed E-state index contributed by atoms with van der Waals surface area (Å²) in [6, 6.07) is 10.7. The zero-order chi connectivity index (χ0) is 21.5. The molecular weight excluding hydrogens is 445 g/mol. The predicted octanol–water partition coefficient (Wildman–Crippen LogP) is 6.65. The van der Waals surface area contributed by atoms with Crippen molar-refractivity contribution in [2.24, 2.45) is 0 Å². The molecule has 0 radical (unpaired) electrons. The van der Waals surface area contributed by atoms with Gasteiger partial charge in [-0.3, -0.25) is 4.79 Å². The number of nitrogens with zero attached hydrogens (tertiary/aromatic N) is 1. The largest absolute Gasteiger partial charge is 0.490 e. The summed E-state index contributed by atoms with van der Waals surface area (Å²) in [5.74, 6) is 0.274. The van der Waals surface area contributed by atoms with E-state index in [0.29, 0.717) is 46.1 Å². The lowest BCUT2D eigenvalue weighted by Crippen LogP contribution is -2.37. The summed E-state index contributed by atoms with van der Waals surface area (Å²) in [5, 5.41) is 1.34. The van der Waals surface area contributed by atoms with Crippen molar-refractivity contribution in [2.45, 2.75) is 45.3 Å². The van der Waals surface area contributed by atoms with Gasteiger partial charge in [0.25, 0.3) is 5.91 Å². The number of carbonyl (C=O) groups is 1. The normalized spacial score (nSPS) is 15.9. The van der Waals surface area contributed by atoms with Crippen LogP contribution in [0.3, 0.4) is 0 Å². The van der Waals surface area contributed by atoms with Crippen LogP contribution in [0.5, 0.6) is 5.75 Å². The second-order valence-corrected chi connectivity index (χ2v) is 8.67. The minimum absolute atomic E-state index is 0.0313. The number of rotatable bonds is 9. The van der Waals surface area contributed by atoms with Gasteiger partial charge in [-0.1, -0.05) is 60.3 Å². The van der Waals surface area contributed by atoms with Crippen molar-refractivity contribution in [3.05, 3.63) is 62.6 Å². The van der Waals surface area contributed by atoms with Gasteiger partial charge in [0, 0.05) is 30.3 Å². The monoisotopic (exact) mass is 469 g/mol. The maximum absolute atomic E-state index is 13.4. The lowest BCUT2D eigenvalue weighted by Gasteiger charge is -2.26. The summed E-state index contributed by atoms with van der Waals surface area (Å²) < 4.78 is 11.5. The Hall–Kier alpha value is -1.46. The molecule has 2 aromatic rings. The molecule has 0 bridgehead atoms. The molecule has 0 aliphatic carbocycles. The lowest BCUT2D eigenvalue weighted by molar-refractivity contribution is 0.0507. The summed E-state index contributed by atoms with van der Waals surface area (Å²) >= 11 is 18.8. The Labute approximate surface area is 193 Å². The molecule has 7 heteroatoms. The van der Waals surface area contributed by atoms with Gasteiger partial charge in [-0.05, 0) is 49.1 Å². The maximum atomic E-state index is 13.4. The van der Waals surface area contributed by atoms with Gasteiger partial charge in [0.1, 0.15) is 0 Å². The van der Waals surface area contributed by atoms with Gasteiger partial charge in [-0.25, -0.2) is 0 Å². The Morgan fingerprint density at radius 2 is 1.87 bits per heavy atom. The zero-order valence-electron chi connectivity index (χ0n) is 17.0. The fourth-order valence-corrected chi connectivity index (χ4v) is 4.11. The molecule has 0 saturated carbocycles. The Bertz CT molecular complexity index is 828. The van der Waals surface area contributed by atoms with E-state index >= 15 is 0 Å². The van der Waals surface area contributed by atoms with E-state index in [1.807, 2.05) is 24.3 Å². The molecule has 1 fully saturated rings. The topological polar surface area (TPSA) is 38.8 Å². The van der Waals surface area contributed by atoms with Gasteiger partial charge in [0.05, 0.1) is 22.8 Å². The molecule has 0 spiro atoms. The molecule has 1 heterocycles. The van der Waals surface area contributed by atoms with Crippen molar-refractivity contribution in [3.8, 4) is 5.75 Å².